The van der Waals surface area contributed by atoms with E-state index in [9.17, 15) is 4.79 Å². The van der Waals surface area contributed by atoms with E-state index in [1.807, 2.05) is 0 Å². The van der Waals surface area contributed by atoms with E-state index in [2.05, 4.69) is 37.7 Å². The molecule has 1 heterocycles. The van der Waals surface area contributed by atoms with E-state index in [0.29, 0.717) is 0 Å². The summed E-state index contributed by atoms with van der Waals surface area (Å²) in [6, 6.07) is 0.723. The van der Waals surface area contributed by atoms with Gasteiger partial charge < -0.3 is 14.6 Å². The molecule has 16 heavy (non-hydrogen) atoms. The zero-order valence-electron chi connectivity index (χ0n) is 11.2. The Kier molecular flexibility index (Phi) is 4.93. The molecule has 0 aromatic rings. The molecule has 0 amide bonds. The van der Waals surface area contributed by atoms with Crippen LogP contribution in [0.4, 0.5) is 0 Å². The number of carbonyl (C=O) groups excluding carboxylic acids is 1. The molecule has 0 aromatic heterocycles. The summed E-state index contributed by atoms with van der Waals surface area (Å²) in [6.07, 6.45) is 4.52. The molecule has 0 bridgehead atoms. The summed E-state index contributed by atoms with van der Waals surface area (Å²) in [6.45, 7) is 7.35. The summed E-state index contributed by atoms with van der Waals surface area (Å²) >= 11 is 0. The number of aldehydes is 1. The van der Waals surface area contributed by atoms with Crippen molar-refractivity contribution in [2.24, 2.45) is 5.41 Å². The van der Waals surface area contributed by atoms with Gasteiger partial charge in [0.2, 0.25) is 0 Å². The molecule has 94 valence electrons. The molecule has 3 heteroatoms. The Balaban J connectivity index is 2.40. The molecular weight excluding hydrogens is 200 g/mol. The lowest BCUT2D eigenvalue weighted by atomic mass is 9.88. The molecule has 0 aliphatic carbocycles. The van der Waals surface area contributed by atoms with Crippen molar-refractivity contribution < 1.29 is 4.79 Å². The van der Waals surface area contributed by atoms with Crippen LogP contribution in [-0.4, -0.2) is 55.9 Å². The Labute approximate surface area is 99.8 Å². The van der Waals surface area contributed by atoms with Gasteiger partial charge in [-0.15, -0.1) is 0 Å². The largest absolute Gasteiger partial charge is 0.306 e. The Morgan fingerprint density at radius 3 is 2.31 bits per heavy atom. The fourth-order valence-electron chi connectivity index (χ4n) is 2.34. The zero-order valence-corrected chi connectivity index (χ0v) is 11.2. The second kappa shape index (κ2) is 5.78. The van der Waals surface area contributed by atoms with Gasteiger partial charge in [-0.2, -0.15) is 0 Å². The standard InChI is InChI=1S/C13H26N2O/c1-5-13(2,11-16)10-15-8-6-12(7-9-15)14(3)4/h11-12H,5-10H2,1-4H3. The van der Waals surface area contributed by atoms with Crippen LogP contribution >= 0.6 is 0 Å². The summed E-state index contributed by atoms with van der Waals surface area (Å²) in [4.78, 5) is 15.8. The van der Waals surface area contributed by atoms with Crippen LogP contribution in [0.15, 0.2) is 0 Å². The Morgan fingerprint density at radius 1 is 1.38 bits per heavy atom. The predicted octanol–water partition coefficient (Wildman–Crippen LogP) is 1.63. The van der Waals surface area contributed by atoms with Crippen LogP contribution in [0.2, 0.25) is 0 Å². The lowest BCUT2D eigenvalue weighted by molar-refractivity contribution is -0.116. The van der Waals surface area contributed by atoms with Crippen molar-refractivity contribution >= 4 is 6.29 Å². The first kappa shape index (κ1) is 13.7. The quantitative estimate of drug-likeness (QED) is 0.666. The van der Waals surface area contributed by atoms with Gasteiger partial charge in [0.25, 0.3) is 0 Å². The van der Waals surface area contributed by atoms with Gasteiger partial charge in [0.1, 0.15) is 6.29 Å². The number of nitrogens with zero attached hydrogens (tertiary/aromatic N) is 2. The molecule has 1 aliphatic rings. The van der Waals surface area contributed by atoms with Gasteiger partial charge in [0.05, 0.1) is 0 Å². The first-order valence-electron chi connectivity index (χ1n) is 6.36. The topological polar surface area (TPSA) is 23.6 Å². The van der Waals surface area contributed by atoms with E-state index in [4.69, 9.17) is 0 Å². The van der Waals surface area contributed by atoms with Gasteiger partial charge >= 0.3 is 0 Å². The second-order valence-electron chi connectivity index (χ2n) is 5.60. The maximum absolute atomic E-state index is 11.1. The minimum Gasteiger partial charge on any atom is -0.306 e. The number of piperidine rings is 1. The van der Waals surface area contributed by atoms with E-state index < -0.39 is 0 Å². The summed E-state index contributed by atoms with van der Waals surface area (Å²) in [5.41, 5.74) is -0.148. The van der Waals surface area contributed by atoms with Crippen LogP contribution in [0.5, 0.6) is 0 Å². The molecule has 1 atom stereocenters. The minimum absolute atomic E-state index is 0.148. The number of carbonyl (C=O) groups is 1. The average molecular weight is 226 g/mol. The maximum Gasteiger partial charge on any atom is 0.127 e. The fraction of sp³-hybridized carbons (Fsp3) is 0.923. The molecule has 1 rings (SSSR count). The monoisotopic (exact) mass is 226 g/mol. The third-order valence-electron chi connectivity index (χ3n) is 3.96. The molecule has 0 spiro atoms. The molecule has 1 fully saturated rings. The highest BCUT2D eigenvalue weighted by Crippen LogP contribution is 2.22. The van der Waals surface area contributed by atoms with Crippen LogP contribution in [0, 0.1) is 5.41 Å². The molecule has 0 N–H and O–H groups in total. The van der Waals surface area contributed by atoms with E-state index >= 15 is 0 Å². The van der Waals surface area contributed by atoms with Gasteiger partial charge in [0, 0.05) is 18.0 Å². The number of likely N-dealkylation sites (tertiary alicyclic amines) is 1. The fourth-order valence-corrected chi connectivity index (χ4v) is 2.34. The summed E-state index contributed by atoms with van der Waals surface area (Å²) in [5, 5.41) is 0. The van der Waals surface area contributed by atoms with Gasteiger partial charge in [-0.3, -0.25) is 0 Å². The summed E-state index contributed by atoms with van der Waals surface area (Å²) < 4.78 is 0. The Hall–Kier alpha value is -0.410. The van der Waals surface area contributed by atoms with E-state index in [1.165, 1.54) is 12.8 Å². The Morgan fingerprint density at radius 2 is 1.94 bits per heavy atom. The molecule has 0 saturated carbocycles. The average Bonchev–Trinajstić information content (AvgIpc) is 2.29. The molecule has 3 nitrogen and oxygen atoms in total. The van der Waals surface area contributed by atoms with Crippen LogP contribution in [0.3, 0.4) is 0 Å². The highest BCUT2D eigenvalue weighted by molar-refractivity contribution is 5.58. The molecule has 0 aromatic carbocycles. The van der Waals surface area contributed by atoms with Crippen molar-refractivity contribution in [3.63, 3.8) is 0 Å². The lowest BCUT2D eigenvalue weighted by Gasteiger charge is -2.38. The van der Waals surface area contributed by atoms with Gasteiger partial charge in [-0.05, 0) is 46.4 Å². The lowest BCUT2D eigenvalue weighted by Crippen LogP contribution is -2.45. The summed E-state index contributed by atoms with van der Waals surface area (Å²) in [7, 11) is 4.31. The third kappa shape index (κ3) is 3.56. The van der Waals surface area contributed by atoms with Crippen molar-refractivity contribution in [1.29, 1.82) is 0 Å². The maximum atomic E-state index is 11.1. The Bertz CT molecular complexity index is 222. The van der Waals surface area contributed by atoms with Crippen LogP contribution in [0.1, 0.15) is 33.1 Å². The second-order valence-corrected chi connectivity index (χ2v) is 5.60. The predicted molar refractivity (Wildman–Crippen MR) is 67.6 cm³/mol. The van der Waals surface area contributed by atoms with Crippen molar-refractivity contribution in [3.05, 3.63) is 0 Å². The van der Waals surface area contributed by atoms with Crippen LogP contribution in [-0.2, 0) is 4.79 Å². The van der Waals surface area contributed by atoms with E-state index in [1.54, 1.807) is 0 Å². The first-order valence-corrected chi connectivity index (χ1v) is 6.36. The van der Waals surface area contributed by atoms with E-state index in [-0.39, 0.29) is 5.41 Å². The number of hydrogen-bond donors (Lipinski definition) is 0. The van der Waals surface area contributed by atoms with Crippen molar-refractivity contribution in [1.82, 2.24) is 9.80 Å². The van der Waals surface area contributed by atoms with Gasteiger partial charge in [0.15, 0.2) is 0 Å². The van der Waals surface area contributed by atoms with Gasteiger partial charge in [-0.25, -0.2) is 0 Å². The number of hydrogen-bond acceptors (Lipinski definition) is 3. The van der Waals surface area contributed by atoms with Gasteiger partial charge in [-0.1, -0.05) is 13.8 Å². The van der Waals surface area contributed by atoms with Crippen molar-refractivity contribution in [2.75, 3.05) is 33.7 Å². The highest BCUT2D eigenvalue weighted by Gasteiger charge is 2.27. The molecular formula is C13H26N2O. The highest BCUT2D eigenvalue weighted by atomic mass is 16.1. The number of rotatable bonds is 5. The van der Waals surface area contributed by atoms with Crippen LogP contribution < -0.4 is 0 Å². The molecule has 1 unspecified atom stereocenters. The third-order valence-corrected chi connectivity index (χ3v) is 3.96. The molecule has 0 radical (unpaired) electrons. The first-order chi connectivity index (χ1) is 7.50. The normalized spacial score (nSPS) is 23.3. The molecule has 1 aliphatic heterocycles. The molecule has 1 saturated heterocycles. The SMILES string of the molecule is CCC(C)(C=O)CN1CCC(N(C)C)CC1. The zero-order chi connectivity index (χ0) is 12.2. The minimum atomic E-state index is -0.148. The van der Waals surface area contributed by atoms with Crippen molar-refractivity contribution in [3.8, 4) is 0 Å². The van der Waals surface area contributed by atoms with E-state index in [0.717, 1.165) is 38.4 Å². The smallest absolute Gasteiger partial charge is 0.127 e. The van der Waals surface area contributed by atoms with Crippen molar-refractivity contribution in [2.45, 2.75) is 39.2 Å². The summed E-state index contributed by atoms with van der Waals surface area (Å²) in [5.74, 6) is 0. The van der Waals surface area contributed by atoms with Crippen LogP contribution in [0.25, 0.3) is 0 Å².